The second-order valence-electron chi connectivity index (χ2n) is 10.1. The lowest BCUT2D eigenvalue weighted by molar-refractivity contribution is -0.192. The van der Waals surface area contributed by atoms with Gasteiger partial charge in [-0.2, -0.15) is 13.2 Å². The Labute approximate surface area is 271 Å². The van der Waals surface area contributed by atoms with Crippen LogP contribution in [0.15, 0.2) is 72.9 Å². The minimum Gasteiger partial charge on any atom is -0.493 e. The van der Waals surface area contributed by atoms with Gasteiger partial charge in [0.1, 0.15) is 11.9 Å². The molecule has 16 heteroatoms. The normalized spacial score (nSPS) is 12.0. The number of hydrogen-bond acceptors (Lipinski definition) is 9. The van der Waals surface area contributed by atoms with Crippen LogP contribution in [0.4, 0.5) is 30.4 Å². The van der Waals surface area contributed by atoms with Crippen LogP contribution in [0.3, 0.4) is 0 Å². The SMILES string of the molecule is COc1ccc([C@@H](Nc2ccc3c(N)nccc3c2)C(=O)NC(CC(=O)O)c2cccc(NC(C)=O)c2)cc1OC.O=C(O)C(F)(F)F. The van der Waals surface area contributed by atoms with Crippen molar-refractivity contribution in [3.05, 3.63) is 84.1 Å². The van der Waals surface area contributed by atoms with E-state index in [2.05, 4.69) is 20.9 Å². The van der Waals surface area contributed by atoms with Gasteiger partial charge >= 0.3 is 18.1 Å². The lowest BCUT2D eigenvalue weighted by Crippen LogP contribution is -2.37. The maximum absolute atomic E-state index is 13.9. The summed E-state index contributed by atoms with van der Waals surface area (Å²) >= 11 is 0. The van der Waals surface area contributed by atoms with Crippen LogP contribution in [-0.4, -0.2) is 59.3 Å². The molecule has 2 amide bonds. The van der Waals surface area contributed by atoms with Gasteiger partial charge in [-0.25, -0.2) is 9.78 Å². The zero-order valence-electron chi connectivity index (χ0n) is 25.8. The van der Waals surface area contributed by atoms with E-state index in [1.165, 1.54) is 21.1 Å². The number of nitrogens with one attached hydrogen (secondary N) is 3. The number of hydrogen-bond donors (Lipinski definition) is 6. The third-order valence-electron chi connectivity index (χ3n) is 6.66. The van der Waals surface area contributed by atoms with Gasteiger partial charge in [0.2, 0.25) is 11.8 Å². The van der Waals surface area contributed by atoms with Gasteiger partial charge in [-0.1, -0.05) is 18.2 Å². The number of nitrogens with two attached hydrogens (primary N) is 1. The first-order valence-electron chi connectivity index (χ1n) is 14.0. The quantitative estimate of drug-likeness (QED) is 0.126. The summed E-state index contributed by atoms with van der Waals surface area (Å²) in [6.45, 7) is 1.38. The molecule has 0 aliphatic heterocycles. The molecule has 1 heterocycles. The van der Waals surface area contributed by atoms with E-state index in [1.54, 1.807) is 54.7 Å². The third-order valence-corrected chi connectivity index (χ3v) is 6.66. The summed E-state index contributed by atoms with van der Waals surface area (Å²) in [6, 6.07) is 17.2. The summed E-state index contributed by atoms with van der Waals surface area (Å²) in [5.41, 5.74) is 8.18. The van der Waals surface area contributed by atoms with Crippen LogP contribution >= 0.6 is 0 Å². The number of fused-ring (bicyclic) bond motifs is 1. The highest BCUT2D eigenvalue weighted by Gasteiger charge is 2.38. The van der Waals surface area contributed by atoms with Crippen LogP contribution in [0.1, 0.15) is 36.6 Å². The highest BCUT2D eigenvalue weighted by molar-refractivity contribution is 5.94. The molecule has 1 unspecified atom stereocenters. The smallest absolute Gasteiger partial charge is 0.490 e. The molecule has 0 saturated heterocycles. The van der Waals surface area contributed by atoms with E-state index in [0.29, 0.717) is 39.8 Å². The fourth-order valence-electron chi connectivity index (χ4n) is 4.51. The van der Waals surface area contributed by atoms with E-state index in [4.69, 9.17) is 25.1 Å². The number of pyridine rings is 1. The number of halogens is 3. The van der Waals surface area contributed by atoms with Crippen LogP contribution in [0, 0.1) is 0 Å². The van der Waals surface area contributed by atoms with Gasteiger partial charge in [0, 0.05) is 29.9 Å². The Kier molecular flexibility index (Phi) is 12.1. The first kappa shape index (κ1) is 36.4. The van der Waals surface area contributed by atoms with Crippen molar-refractivity contribution in [2.75, 3.05) is 30.6 Å². The monoisotopic (exact) mass is 671 g/mol. The fourth-order valence-corrected chi connectivity index (χ4v) is 4.51. The molecule has 4 aromatic rings. The predicted octanol–water partition coefficient (Wildman–Crippen LogP) is 4.91. The van der Waals surface area contributed by atoms with Gasteiger partial charge < -0.3 is 41.4 Å². The number of aliphatic carboxylic acids is 2. The molecule has 0 aliphatic carbocycles. The van der Waals surface area contributed by atoms with Crippen molar-refractivity contribution in [2.45, 2.75) is 31.6 Å². The summed E-state index contributed by atoms with van der Waals surface area (Å²) in [5.74, 6) is -3.31. The first-order valence-corrected chi connectivity index (χ1v) is 14.0. The molecule has 0 bridgehead atoms. The maximum atomic E-state index is 13.9. The van der Waals surface area contributed by atoms with E-state index < -0.39 is 36.1 Å². The Morgan fingerprint density at radius 1 is 0.896 bits per heavy atom. The molecule has 3 aromatic carbocycles. The molecular formula is C32H32F3N5O8. The van der Waals surface area contributed by atoms with Crippen molar-refractivity contribution >= 4 is 51.7 Å². The zero-order valence-corrected chi connectivity index (χ0v) is 25.8. The molecule has 7 N–H and O–H groups in total. The molecule has 254 valence electrons. The van der Waals surface area contributed by atoms with Crippen molar-refractivity contribution in [3.8, 4) is 11.5 Å². The van der Waals surface area contributed by atoms with Gasteiger partial charge in [0.15, 0.2) is 11.5 Å². The molecule has 48 heavy (non-hydrogen) atoms. The van der Waals surface area contributed by atoms with Crippen LogP contribution in [0.5, 0.6) is 11.5 Å². The summed E-state index contributed by atoms with van der Waals surface area (Å²) in [5, 5.41) is 27.2. The summed E-state index contributed by atoms with van der Waals surface area (Å²) in [4.78, 5) is 50.3. The molecule has 0 radical (unpaired) electrons. The summed E-state index contributed by atoms with van der Waals surface area (Å²) < 4.78 is 42.5. The lowest BCUT2D eigenvalue weighted by Gasteiger charge is -2.25. The Hall–Kier alpha value is -6.06. The zero-order chi connectivity index (χ0) is 35.6. The van der Waals surface area contributed by atoms with Gasteiger partial charge in [-0.05, 0) is 65.0 Å². The number of carboxylic acid groups (broad SMARTS) is 2. The van der Waals surface area contributed by atoms with Gasteiger partial charge in [-0.15, -0.1) is 0 Å². The number of alkyl halides is 3. The number of carboxylic acids is 2. The molecule has 1 aromatic heterocycles. The van der Waals surface area contributed by atoms with Crippen LogP contribution < -0.4 is 31.2 Å². The number of benzene rings is 3. The largest absolute Gasteiger partial charge is 0.493 e. The van der Waals surface area contributed by atoms with Crippen molar-refractivity contribution in [3.63, 3.8) is 0 Å². The Morgan fingerprint density at radius 2 is 1.58 bits per heavy atom. The predicted molar refractivity (Wildman–Crippen MR) is 170 cm³/mol. The molecule has 0 fully saturated rings. The van der Waals surface area contributed by atoms with E-state index >= 15 is 0 Å². The number of ether oxygens (including phenoxy) is 2. The summed E-state index contributed by atoms with van der Waals surface area (Å²) in [6.07, 6.45) is -3.86. The number of aromatic nitrogens is 1. The Morgan fingerprint density at radius 3 is 2.19 bits per heavy atom. The van der Waals surface area contributed by atoms with Crippen LogP contribution in [0.2, 0.25) is 0 Å². The number of methoxy groups -OCH3 is 2. The molecule has 13 nitrogen and oxygen atoms in total. The Bertz CT molecular complexity index is 1800. The van der Waals surface area contributed by atoms with Crippen molar-refractivity contribution < 1.29 is 52.0 Å². The number of nitrogens with zero attached hydrogens (tertiary/aromatic N) is 1. The number of amides is 2. The Balaban J connectivity index is 0.000000804. The first-order chi connectivity index (χ1) is 22.6. The number of rotatable bonds is 11. The average molecular weight is 672 g/mol. The number of anilines is 3. The molecule has 0 spiro atoms. The van der Waals surface area contributed by atoms with Gasteiger partial charge in [-0.3, -0.25) is 14.4 Å². The molecule has 2 atom stereocenters. The van der Waals surface area contributed by atoms with E-state index in [-0.39, 0.29) is 12.3 Å². The van der Waals surface area contributed by atoms with Crippen LogP contribution in [-0.2, 0) is 19.2 Å². The third kappa shape index (κ3) is 9.97. The minimum absolute atomic E-state index is 0.272. The average Bonchev–Trinajstić information content (AvgIpc) is 3.02. The number of carbonyl (C=O) groups is 4. The topological polar surface area (TPSA) is 202 Å². The number of carbonyl (C=O) groups excluding carboxylic acids is 2. The molecular weight excluding hydrogens is 639 g/mol. The van der Waals surface area contributed by atoms with E-state index in [1.807, 2.05) is 18.2 Å². The maximum Gasteiger partial charge on any atom is 0.490 e. The second-order valence-corrected chi connectivity index (χ2v) is 10.1. The summed E-state index contributed by atoms with van der Waals surface area (Å²) in [7, 11) is 3.01. The molecule has 4 rings (SSSR count). The molecule has 0 aliphatic rings. The van der Waals surface area contributed by atoms with Crippen molar-refractivity contribution in [1.29, 1.82) is 0 Å². The van der Waals surface area contributed by atoms with E-state index in [9.17, 15) is 32.7 Å². The second kappa shape index (κ2) is 16.0. The molecule has 0 saturated carbocycles. The van der Waals surface area contributed by atoms with Crippen molar-refractivity contribution in [1.82, 2.24) is 10.3 Å². The standard InChI is InChI=1S/C30H31N5O6.C2HF3O2/c1-17(36)33-21-6-4-5-19(14-21)24(16-27(37)38)35-30(39)28(20-7-10-25(40-2)26(15-20)41-3)34-22-8-9-23-18(13-22)11-12-32-29(23)31;3-2(4,5)1(6)7/h4-15,24,28,34H,16H2,1-3H3,(H2,31,32)(H,33,36)(H,35,39)(H,37,38);(H,6,7)/t24?,28-;/m1./s1. The fraction of sp³-hybridized carbons (Fsp3) is 0.219. The van der Waals surface area contributed by atoms with E-state index in [0.717, 1.165) is 10.8 Å². The highest BCUT2D eigenvalue weighted by Crippen LogP contribution is 2.33. The minimum atomic E-state index is -5.08. The highest BCUT2D eigenvalue weighted by atomic mass is 19.4. The van der Waals surface area contributed by atoms with Gasteiger partial charge in [0.25, 0.3) is 0 Å². The van der Waals surface area contributed by atoms with Crippen molar-refractivity contribution in [2.24, 2.45) is 0 Å². The van der Waals surface area contributed by atoms with Crippen LogP contribution in [0.25, 0.3) is 10.8 Å². The number of nitrogen functional groups attached to an aromatic ring is 1. The van der Waals surface area contributed by atoms with Gasteiger partial charge in [0.05, 0.1) is 26.7 Å². The lowest BCUT2D eigenvalue weighted by atomic mass is 10.00.